The summed E-state index contributed by atoms with van der Waals surface area (Å²) >= 11 is 0. The van der Waals surface area contributed by atoms with Gasteiger partial charge < -0.3 is 9.47 Å². The Morgan fingerprint density at radius 2 is 2.04 bits per heavy atom. The summed E-state index contributed by atoms with van der Waals surface area (Å²) in [6.07, 6.45) is -1.28. The first-order valence-electron chi connectivity index (χ1n) is 6.97. The van der Waals surface area contributed by atoms with Gasteiger partial charge in [0.25, 0.3) is 5.91 Å². The van der Waals surface area contributed by atoms with Crippen LogP contribution in [0, 0.1) is 0 Å². The molecule has 1 fully saturated rings. The summed E-state index contributed by atoms with van der Waals surface area (Å²) in [5.74, 6) is -1.68. The van der Waals surface area contributed by atoms with Gasteiger partial charge >= 0.3 is 6.09 Å². The number of rotatable bonds is 6. The summed E-state index contributed by atoms with van der Waals surface area (Å²) in [6.45, 7) is 1.65. The molecule has 0 radical (unpaired) electrons. The van der Waals surface area contributed by atoms with E-state index >= 15 is 0 Å². The second-order valence-corrected chi connectivity index (χ2v) is 4.80. The van der Waals surface area contributed by atoms with Crippen molar-refractivity contribution in [3.8, 4) is 0 Å². The fourth-order valence-electron chi connectivity index (χ4n) is 2.21. The Morgan fingerprint density at radius 1 is 1.35 bits per heavy atom. The standard InChI is InChI=1S/C15H16N2O6/c1-2-23-15(8-12(19)17(10-18)13(15)20)16-14(21)22-9-11-6-4-3-5-7-11/h3-7,10H,2,8-9H2,1H3,(H,16,21). The van der Waals surface area contributed by atoms with Gasteiger partial charge in [0.15, 0.2) is 0 Å². The molecule has 2 rings (SSSR count). The lowest BCUT2D eigenvalue weighted by Crippen LogP contribution is -2.56. The highest BCUT2D eigenvalue weighted by Crippen LogP contribution is 2.25. The maximum Gasteiger partial charge on any atom is 0.410 e. The van der Waals surface area contributed by atoms with Gasteiger partial charge in [0, 0.05) is 6.61 Å². The Bertz CT molecular complexity index is 618. The molecule has 122 valence electrons. The number of hydrogen-bond acceptors (Lipinski definition) is 6. The molecule has 1 aliphatic heterocycles. The van der Waals surface area contributed by atoms with Crippen molar-refractivity contribution < 1.29 is 28.7 Å². The van der Waals surface area contributed by atoms with Crippen molar-refractivity contribution in [2.24, 2.45) is 0 Å². The van der Waals surface area contributed by atoms with Crippen LogP contribution in [0.25, 0.3) is 0 Å². The van der Waals surface area contributed by atoms with Gasteiger partial charge in [0.1, 0.15) is 6.61 Å². The number of carbonyl (C=O) groups excluding carboxylic acids is 4. The van der Waals surface area contributed by atoms with Crippen LogP contribution in [0.5, 0.6) is 0 Å². The summed E-state index contributed by atoms with van der Waals surface area (Å²) < 4.78 is 10.3. The smallest absolute Gasteiger partial charge is 0.410 e. The van der Waals surface area contributed by atoms with Gasteiger partial charge in [-0.1, -0.05) is 30.3 Å². The van der Waals surface area contributed by atoms with E-state index in [4.69, 9.17) is 9.47 Å². The molecule has 1 aliphatic rings. The fraction of sp³-hybridized carbons (Fsp3) is 0.333. The van der Waals surface area contributed by atoms with E-state index in [0.717, 1.165) is 5.56 Å². The number of nitrogens with one attached hydrogen (secondary N) is 1. The van der Waals surface area contributed by atoms with Crippen LogP contribution >= 0.6 is 0 Å². The number of nitrogens with zero attached hydrogens (tertiary/aromatic N) is 1. The SMILES string of the molecule is CCOC1(NC(=O)OCc2ccccc2)CC(=O)N(C=O)C1=O. The van der Waals surface area contributed by atoms with E-state index in [1.807, 2.05) is 6.07 Å². The molecule has 1 aromatic carbocycles. The number of ether oxygens (including phenoxy) is 2. The number of likely N-dealkylation sites (tertiary alicyclic amines) is 1. The first-order chi connectivity index (χ1) is 11.0. The van der Waals surface area contributed by atoms with E-state index < -0.39 is 30.1 Å². The van der Waals surface area contributed by atoms with Crippen molar-refractivity contribution in [2.45, 2.75) is 25.7 Å². The quantitative estimate of drug-likeness (QED) is 0.467. The van der Waals surface area contributed by atoms with Crippen LogP contribution in [0.2, 0.25) is 0 Å². The molecule has 0 bridgehead atoms. The average molecular weight is 320 g/mol. The summed E-state index contributed by atoms with van der Waals surface area (Å²) in [5, 5.41) is 2.25. The number of alkyl carbamates (subject to hydrolysis) is 1. The first-order valence-corrected chi connectivity index (χ1v) is 6.97. The van der Waals surface area contributed by atoms with Crippen molar-refractivity contribution in [1.82, 2.24) is 10.2 Å². The molecule has 4 amide bonds. The summed E-state index contributed by atoms with van der Waals surface area (Å²) in [6, 6.07) is 8.94. The molecule has 1 N–H and O–H groups in total. The predicted octanol–water partition coefficient (Wildman–Crippen LogP) is 0.561. The topological polar surface area (TPSA) is 102 Å². The van der Waals surface area contributed by atoms with Gasteiger partial charge in [-0.3, -0.25) is 19.7 Å². The van der Waals surface area contributed by atoms with Crippen LogP contribution in [0.1, 0.15) is 18.9 Å². The van der Waals surface area contributed by atoms with Crippen LogP contribution in [-0.4, -0.2) is 41.5 Å². The lowest BCUT2D eigenvalue weighted by atomic mass is 10.2. The molecule has 1 saturated heterocycles. The van der Waals surface area contributed by atoms with Gasteiger partial charge in [0.05, 0.1) is 6.42 Å². The fourth-order valence-corrected chi connectivity index (χ4v) is 2.21. The minimum Gasteiger partial charge on any atom is -0.445 e. The lowest BCUT2D eigenvalue weighted by molar-refractivity contribution is -0.155. The lowest BCUT2D eigenvalue weighted by Gasteiger charge is -2.26. The second-order valence-electron chi connectivity index (χ2n) is 4.80. The Kier molecular flexibility index (Phi) is 5.07. The minimum atomic E-state index is -1.90. The molecule has 1 atom stereocenters. The minimum absolute atomic E-state index is 0.00555. The van der Waals surface area contributed by atoms with Crippen molar-refractivity contribution in [1.29, 1.82) is 0 Å². The molecule has 1 unspecified atom stereocenters. The number of benzene rings is 1. The normalized spacial score (nSPS) is 20.5. The Hall–Kier alpha value is -2.74. The molecular weight excluding hydrogens is 304 g/mol. The molecule has 0 spiro atoms. The zero-order chi connectivity index (χ0) is 16.9. The molecule has 8 heteroatoms. The maximum absolute atomic E-state index is 12.1. The molecule has 1 aromatic rings. The van der Waals surface area contributed by atoms with Crippen LogP contribution < -0.4 is 5.32 Å². The van der Waals surface area contributed by atoms with Crippen LogP contribution in [0.3, 0.4) is 0 Å². The third kappa shape index (κ3) is 3.54. The number of carbonyl (C=O) groups is 4. The third-order valence-corrected chi connectivity index (χ3v) is 3.25. The van der Waals surface area contributed by atoms with Gasteiger partial charge in [-0.2, -0.15) is 0 Å². The maximum atomic E-state index is 12.1. The molecular formula is C15H16N2O6. The molecule has 1 heterocycles. The van der Waals surface area contributed by atoms with E-state index in [-0.39, 0.29) is 19.6 Å². The summed E-state index contributed by atoms with van der Waals surface area (Å²) in [7, 11) is 0. The van der Waals surface area contributed by atoms with Crippen LogP contribution in [0.4, 0.5) is 4.79 Å². The Labute approximate surface area is 132 Å². The Balaban J connectivity index is 2.04. The van der Waals surface area contributed by atoms with Crippen molar-refractivity contribution in [3.05, 3.63) is 35.9 Å². The molecule has 8 nitrogen and oxygen atoms in total. The monoisotopic (exact) mass is 320 g/mol. The highest BCUT2D eigenvalue weighted by molar-refractivity contribution is 6.15. The molecule has 23 heavy (non-hydrogen) atoms. The highest BCUT2D eigenvalue weighted by atomic mass is 16.6. The predicted molar refractivity (Wildman–Crippen MR) is 76.7 cm³/mol. The number of amides is 4. The van der Waals surface area contributed by atoms with Crippen molar-refractivity contribution >= 4 is 24.3 Å². The zero-order valence-corrected chi connectivity index (χ0v) is 12.5. The van der Waals surface area contributed by atoms with Gasteiger partial charge in [-0.15, -0.1) is 0 Å². The van der Waals surface area contributed by atoms with E-state index in [1.165, 1.54) is 0 Å². The van der Waals surface area contributed by atoms with Crippen molar-refractivity contribution in [3.63, 3.8) is 0 Å². The van der Waals surface area contributed by atoms with Crippen molar-refractivity contribution in [2.75, 3.05) is 6.61 Å². The van der Waals surface area contributed by atoms with Gasteiger partial charge in [0.2, 0.25) is 18.0 Å². The molecule has 0 saturated carbocycles. The van der Waals surface area contributed by atoms with Gasteiger partial charge in [-0.05, 0) is 12.5 Å². The number of hydrogen-bond donors (Lipinski definition) is 1. The van der Waals surface area contributed by atoms with E-state index in [9.17, 15) is 19.2 Å². The number of imide groups is 3. The third-order valence-electron chi connectivity index (χ3n) is 3.25. The second kappa shape index (κ2) is 7.01. The molecule has 0 aromatic heterocycles. The van der Waals surface area contributed by atoms with Gasteiger partial charge in [-0.25, -0.2) is 9.69 Å². The molecule has 0 aliphatic carbocycles. The first kappa shape index (κ1) is 16.6. The largest absolute Gasteiger partial charge is 0.445 e. The van der Waals surface area contributed by atoms with E-state index in [1.54, 1.807) is 31.2 Å². The summed E-state index contributed by atoms with van der Waals surface area (Å²) in [4.78, 5) is 46.9. The van der Waals surface area contributed by atoms with E-state index in [0.29, 0.717) is 4.90 Å². The Morgan fingerprint density at radius 3 is 2.61 bits per heavy atom. The van der Waals surface area contributed by atoms with Crippen LogP contribution in [0.15, 0.2) is 30.3 Å². The average Bonchev–Trinajstić information content (AvgIpc) is 2.77. The summed E-state index contributed by atoms with van der Waals surface area (Å²) in [5.41, 5.74) is -1.14. The highest BCUT2D eigenvalue weighted by Gasteiger charge is 2.54. The zero-order valence-electron chi connectivity index (χ0n) is 12.5. The van der Waals surface area contributed by atoms with Crippen LogP contribution in [-0.2, 0) is 30.5 Å². The van der Waals surface area contributed by atoms with E-state index in [2.05, 4.69) is 5.32 Å².